The fraction of sp³-hybridized carbons (Fsp3) is 0.143. The van der Waals surface area contributed by atoms with Crippen molar-refractivity contribution in [3.8, 4) is 11.5 Å². The number of rotatable bonds is 3. The quantitative estimate of drug-likeness (QED) is 0.793. The highest BCUT2D eigenvalue weighted by atomic mass is 79.9. The Balaban J connectivity index is 2.25. The van der Waals surface area contributed by atoms with Gasteiger partial charge in [-0.25, -0.2) is 4.39 Å². The van der Waals surface area contributed by atoms with Crippen LogP contribution in [0.5, 0.6) is 11.5 Å². The summed E-state index contributed by atoms with van der Waals surface area (Å²) in [5.41, 5.74) is 1.31. The monoisotopic (exact) mass is 325 g/mol. The van der Waals surface area contributed by atoms with E-state index in [1.165, 1.54) is 18.2 Å². The lowest BCUT2D eigenvalue weighted by Gasteiger charge is -2.17. The molecule has 0 saturated heterocycles. The smallest absolute Gasteiger partial charge is 0.125 e. The van der Waals surface area contributed by atoms with Crippen molar-refractivity contribution in [2.45, 2.75) is 13.0 Å². The van der Waals surface area contributed by atoms with Gasteiger partial charge in [-0.1, -0.05) is 0 Å². The third-order valence-electron chi connectivity index (χ3n) is 2.73. The van der Waals surface area contributed by atoms with E-state index < -0.39 is 0 Å². The number of phenols is 2. The van der Waals surface area contributed by atoms with Crippen molar-refractivity contribution in [1.82, 2.24) is 0 Å². The molecule has 0 aromatic heterocycles. The van der Waals surface area contributed by atoms with Gasteiger partial charge in [-0.05, 0) is 58.7 Å². The number of halogens is 2. The highest BCUT2D eigenvalue weighted by Crippen LogP contribution is 2.30. The minimum atomic E-state index is -0.336. The van der Waals surface area contributed by atoms with Crippen LogP contribution in [0.1, 0.15) is 18.5 Å². The number of anilines is 1. The summed E-state index contributed by atoms with van der Waals surface area (Å²) < 4.78 is 13.9. The van der Waals surface area contributed by atoms with Crippen molar-refractivity contribution in [2.24, 2.45) is 0 Å². The molecule has 5 heteroatoms. The molecule has 19 heavy (non-hydrogen) atoms. The van der Waals surface area contributed by atoms with Gasteiger partial charge in [0.1, 0.15) is 17.3 Å². The summed E-state index contributed by atoms with van der Waals surface area (Å²) in [6.07, 6.45) is 0. The zero-order valence-corrected chi connectivity index (χ0v) is 11.8. The van der Waals surface area contributed by atoms with Crippen molar-refractivity contribution in [3.05, 3.63) is 52.3 Å². The lowest BCUT2D eigenvalue weighted by atomic mass is 10.1. The van der Waals surface area contributed by atoms with E-state index in [4.69, 9.17) is 0 Å². The molecule has 3 N–H and O–H groups in total. The molecule has 0 fully saturated rings. The predicted molar refractivity (Wildman–Crippen MR) is 75.9 cm³/mol. The normalized spacial score (nSPS) is 12.2. The first kappa shape index (κ1) is 13.7. The summed E-state index contributed by atoms with van der Waals surface area (Å²) in [4.78, 5) is 0. The molecule has 1 atom stereocenters. The van der Waals surface area contributed by atoms with Crippen LogP contribution in [0.4, 0.5) is 10.1 Å². The SMILES string of the molecule is CC(Nc1cc(F)ccc1Br)c1cc(O)cc(O)c1. The van der Waals surface area contributed by atoms with Crippen molar-refractivity contribution < 1.29 is 14.6 Å². The maximum atomic E-state index is 13.2. The molecule has 2 aromatic rings. The summed E-state index contributed by atoms with van der Waals surface area (Å²) in [6.45, 7) is 1.85. The van der Waals surface area contributed by atoms with Gasteiger partial charge in [0.2, 0.25) is 0 Å². The number of hydrogen-bond donors (Lipinski definition) is 3. The minimum absolute atomic E-state index is 0.0121. The number of phenolic OH excluding ortho intramolecular Hbond substituents is 2. The first-order valence-electron chi connectivity index (χ1n) is 5.70. The number of hydrogen-bond acceptors (Lipinski definition) is 3. The molecule has 1 unspecified atom stereocenters. The second kappa shape index (κ2) is 5.48. The van der Waals surface area contributed by atoms with E-state index in [1.54, 1.807) is 18.2 Å². The Kier molecular flexibility index (Phi) is 3.95. The average Bonchev–Trinajstić information content (AvgIpc) is 2.32. The van der Waals surface area contributed by atoms with Crippen molar-refractivity contribution >= 4 is 21.6 Å². The largest absolute Gasteiger partial charge is 0.508 e. The lowest BCUT2D eigenvalue weighted by molar-refractivity contribution is 0.448. The van der Waals surface area contributed by atoms with Gasteiger partial charge in [0.25, 0.3) is 0 Å². The number of nitrogens with one attached hydrogen (secondary N) is 1. The highest BCUT2D eigenvalue weighted by Gasteiger charge is 2.10. The summed E-state index contributed by atoms with van der Waals surface area (Å²) in [7, 11) is 0. The highest BCUT2D eigenvalue weighted by molar-refractivity contribution is 9.10. The molecule has 0 aliphatic rings. The molecule has 0 amide bonds. The summed E-state index contributed by atoms with van der Waals surface area (Å²) in [6, 6.07) is 8.51. The summed E-state index contributed by atoms with van der Waals surface area (Å²) >= 11 is 3.33. The molecule has 0 saturated carbocycles. The molecule has 0 aliphatic carbocycles. The second-order valence-electron chi connectivity index (χ2n) is 4.27. The molecular weight excluding hydrogens is 313 g/mol. The molecule has 0 spiro atoms. The maximum absolute atomic E-state index is 13.2. The lowest BCUT2D eigenvalue weighted by Crippen LogP contribution is -2.07. The Labute approximate surface area is 118 Å². The van der Waals surface area contributed by atoms with Crippen LogP contribution in [0.2, 0.25) is 0 Å². The van der Waals surface area contributed by atoms with Crippen LogP contribution in [-0.4, -0.2) is 10.2 Å². The van der Waals surface area contributed by atoms with Crippen LogP contribution >= 0.6 is 15.9 Å². The first-order valence-corrected chi connectivity index (χ1v) is 6.49. The zero-order chi connectivity index (χ0) is 14.0. The Morgan fingerprint density at radius 1 is 1.11 bits per heavy atom. The molecule has 0 bridgehead atoms. The van der Waals surface area contributed by atoms with E-state index in [-0.39, 0.29) is 23.4 Å². The zero-order valence-electron chi connectivity index (χ0n) is 10.2. The van der Waals surface area contributed by atoms with Gasteiger partial charge in [-0.2, -0.15) is 0 Å². The van der Waals surface area contributed by atoms with Gasteiger partial charge in [0, 0.05) is 16.6 Å². The van der Waals surface area contributed by atoms with Crippen LogP contribution in [0.3, 0.4) is 0 Å². The Hall–Kier alpha value is -1.75. The van der Waals surface area contributed by atoms with E-state index in [0.29, 0.717) is 11.3 Å². The van der Waals surface area contributed by atoms with Crippen LogP contribution in [-0.2, 0) is 0 Å². The van der Waals surface area contributed by atoms with Gasteiger partial charge in [-0.15, -0.1) is 0 Å². The third kappa shape index (κ3) is 3.38. The number of benzene rings is 2. The molecule has 3 nitrogen and oxygen atoms in total. The molecule has 0 heterocycles. The van der Waals surface area contributed by atoms with Gasteiger partial charge >= 0.3 is 0 Å². The average molecular weight is 326 g/mol. The Morgan fingerprint density at radius 2 is 1.74 bits per heavy atom. The second-order valence-corrected chi connectivity index (χ2v) is 5.13. The van der Waals surface area contributed by atoms with Crippen molar-refractivity contribution in [2.75, 3.05) is 5.32 Å². The van der Waals surface area contributed by atoms with E-state index in [1.807, 2.05) is 6.92 Å². The molecule has 2 rings (SSSR count). The van der Waals surface area contributed by atoms with E-state index >= 15 is 0 Å². The third-order valence-corrected chi connectivity index (χ3v) is 3.42. The molecule has 100 valence electrons. The minimum Gasteiger partial charge on any atom is -0.508 e. The van der Waals surface area contributed by atoms with Crippen LogP contribution in [0.25, 0.3) is 0 Å². The molecular formula is C14H13BrFNO2. The fourth-order valence-electron chi connectivity index (χ4n) is 1.79. The number of aromatic hydroxyl groups is 2. The molecule has 2 aromatic carbocycles. The predicted octanol–water partition coefficient (Wildman–Crippen LogP) is 4.17. The standard InChI is InChI=1S/C14H13BrFNO2/c1-8(9-4-11(18)7-12(19)5-9)17-14-6-10(16)2-3-13(14)15/h2-8,17-19H,1H3. The summed E-state index contributed by atoms with van der Waals surface area (Å²) in [5.74, 6) is -0.361. The molecule has 0 aliphatic heterocycles. The van der Waals surface area contributed by atoms with Crippen LogP contribution < -0.4 is 5.32 Å². The van der Waals surface area contributed by atoms with Crippen molar-refractivity contribution in [3.63, 3.8) is 0 Å². The van der Waals surface area contributed by atoms with Gasteiger partial charge in [0.15, 0.2) is 0 Å². The summed E-state index contributed by atoms with van der Waals surface area (Å²) in [5, 5.41) is 22.0. The van der Waals surface area contributed by atoms with Gasteiger partial charge in [0.05, 0.1) is 5.69 Å². The Morgan fingerprint density at radius 3 is 2.37 bits per heavy atom. The van der Waals surface area contributed by atoms with Crippen molar-refractivity contribution in [1.29, 1.82) is 0 Å². The molecule has 0 radical (unpaired) electrons. The van der Waals surface area contributed by atoms with Crippen LogP contribution in [0.15, 0.2) is 40.9 Å². The van der Waals surface area contributed by atoms with Crippen LogP contribution in [0, 0.1) is 5.82 Å². The van der Waals surface area contributed by atoms with E-state index in [9.17, 15) is 14.6 Å². The topological polar surface area (TPSA) is 52.5 Å². The van der Waals surface area contributed by atoms with Gasteiger partial charge in [-0.3, -0.25) is 0 Å². The fourth-order valence-corrected chi connectivity index (χ4v) is 2.15. The van der Waals surface area contributed by atoms with E-state index in [0.717, 1.165) is 4.47 Å². The Bertz CT molecular complexity index is 584. The first-order chi connectivity index (χ1) is 8.95. The van der Waals surface area contributed by atoms with Gasteiger partial charge < -0.3 is 15.5 Å². The van der Waals surface area contributed by atoms with E-state index in [2.05, 4.69) is 21.2 Å². The maximum Gasteiger partial charge on any atom is 0.125 e.